The molecular weight excluding hydrogens is 280 g/mol. The van der Waals surface area contributed by atoms with Gasteiger partial charge in [-0.2, -0.15) is 0 Å². The summed E-state index contributed by atoms with van der Waals surface area (Å²) in [4.78, 5) is 12.6. The Morgan fingerprint density at radius 2 is 2.27 bits per heavy atom. The zero-order valence-corrected chi connectivity index (χ0v) is 12.8. The first kappa shape index (κ1) is 13.6. The van der Waals surface area contributed by atoms with E-state index in [0.29, 0.717) is 17.7 Å². The van der Waals surface area contributed by atoms with Crippen LogP contribution in [-0.4, -0.2) is 36.3 Å². The molecule has 1 N–H and O–H groups in total. The van der Waals surface area contributed by atoms with E-state index in [9.17, 15) is 4.79 Å². The SMILES string of the molecule is COc1ccc2cc(C(=O)N[C@H]3C[C@@H]4OCC[C@H]34)n(C)c2c1. The number of hydrogen-bond donors (Lipinski definition) is 1. The van der Waals surface area contributed by atoms with E-state index in [1.807, 2.05) is 35.9 Å². The largest absolute Gasteiger partial charge is 0.497 e. The molecule has 3 atom stereocenters. The molecule has 1 amide bonds. The number of ether oxygens (including phenoxy) is 2. The number of benzene rings is 1. The molecule has 1 aromatic heterocycles. The Morgan fingerprint density at radius 3 is 3.05 bits per heavy atom. The molecule has 2 heterocycles. The summed E-state index contributed by atoms with van der Waals surface area (Å²) in [7, 11) is 3.56. The molecule has 0 bridgehead atoms. The van der Waals surface area contributed by atoms with Crippen molar-refractivity contribution >= 4 is 16.8 Å². The van der Waals surface area contributed by atoms with Gasteiger partial charge < -0.3 is 19.4 Å². The molecule has 5 nitrogen and oxygen atoms in total. The summed E-state index contributed by atoms with van der Waals surface area (Å²) < 4.78 is 12.8. The lowest BCUT2D eigenvalue weighted by Gasteiger charge is -2.39. The predicted molar refractivity (Wildman–Crippen MR) is 83.2 cm³/mol. The summed E-state index contributed by atoms with van der Waals surface area (Å²) in [6.45, 7) is 0.829. The molecule has 2 fully saturated rings. The minimum atomic E-state index is -0.00647. The van der Waals surface area contributed by atoms with Crippen LogP contribution in [0.25, 0.3) is 10.9 Å². The number of nitrogens with zero attached hydrogens (tertiary/aromatic N) is 1. The molecule has 1 saturated carbocycles. The van der Waals surface area contributed by atoms with Crippen molar-refractivity contribution in [1.82, 2.24) is 9.88 Å². The first-order valence-electron chi connectivity index (χ1n) is 7.73. The maximum Gasteiger partial charge on any atom is 0.268 e. The van der Waals surface area contributed by atoms with Crippen molar-refractivity contribution in [3.8, 4) is 5.75 Å². The second kappa shape index (κ2) is 5.02. The third-order valence-corrected chi connectivity index (χ3v) is 5.07. The van der Waals surface area contributed by atoms with Crippen LogP contribution < -0.4 is 10.1 Å². The summed E-state index contributed by atoms with van der Waals surface area (Å²) in [5.41, 5.74) is 1.69. The Labute approximate surface area is 129 Å². The lowest BCUT2D eigenvalue weighted by atomic mass is 9.76. The Morgan fingerprint density at radius 1 is 1.41 bits per heavy atom. The second-order valence-corrected chi connectivity index (χ2v) is 6.19. The quantitative estimate of drug-likeness (QED) is 0.944. The molecule has 2 aromatic rings. The van der Waals surface area contributed by atoms with Crippen LogP contribution in [0.3, 0.4) is 0 Å². The minimum Gasteiger partial charge on any atom is -0.497 e. The van der Waals surface area contributed by atoms with E-state index in [2.05, 4.69) is 5.32 Å². The molecule has 4 rings (SSSR count). The highest BCUT2D eigenvalue weighted by molar-refractivity contribution is 5.99. The fourth-order valence-electron chi connectivity index (χ4n) is 3.66. The number of aryl methyl sites for hydroxylation is 1. The molecule has 1 aliphatic carbocycles. The molecule has 5 heteroatoms. The van der Waals surface area contributed by atoms with Crippen LogP contribution >= 0.6 is 0 Å². The van der Waals surface area contributed by atoms with Crippen LogP contribution in [0.15, 0.2) is 24.3 Å². The number of aromatic nitrogens is 1. The molecule has 22 heavy (non-hydrogen) atoms. The fourth-order valence-corrected chi connectivity index (χ4v) is 3.66. The Hall–Kier alpha value is -2.01. The Balaban J connectivity index is 1.57. The van der Waals surface area contributed by atoms with Gasteiger partial charge in [0.1, 0.15) is 11.4 Å². The minimum absolute atomic E-state index is 0.00647. The van der Waals surface area contributed by atoms with Gasteiger partial charge in [-0.3, -0.25) is 4.79 Å². The highest BCUT2D eigenvalue weighted by Gasteiger charge is 2.45. The number of nitrogens with one attached hydrogen (secondary N) is 1. The number of carbonyl (C=O) groups excluding carboxylic acids is 1. The standard InChI is InChI=1S/C17H20N2O3/c1-19-14-8-11(21-2)4-3-10(14)7-15(19)17(20)18-13-9-16-12(13)5-6-22-16/h3-4,7-8,12-13,16H,5-6,9H2,1-2H3,(H,18,20)/t12-,13+,16+/m1/s1. The highest BCUT2D eigenvalue weighted by atomic mass is 16.5. The van der Waals surface area contributed by atoms with Crippen LogP contribution in [0.2, 0.25) is 0 Å². The van der Waals surface area contributed by atoms with Gasteiger partial charge in [0, 0.05) is 37.1 Å². The average Bonchev–Trinajstić information content (AvgIpc) is 3.05. The van der Waals surface area contributed by atoms with Crippen LogP contribution in [-0.2, 0) is 11.8 Å². The molecule has 1 aromatic carbocycles. The Bertz CT molecular complexity index is 737. The van der Waals surface area contributed by atoms with Gasteiger partial charge in [0.25, 0.3) is 5.91 Å². The monoisotopic (exact) mass is 300 g/mol. The zero-order valence-electron chi connectivity index (χ0n) is 12.8. The molecule has 2 aliphatic rings. The van der Waals surface area contributed by atoms with Crippen LogP contribution in [0, 0.1) is 5.92 Å². The third kappa shape index (κ3) is 2.00. The molecule has 1 saturated heterocycles. The van der Waals surface area contributed by atoms with Gasteiger partial charge in [-0.25, -0.2) is 0 Å². The van der Waals surface area contributed by atoms with E-state index in [4.69, 9.17) is 9.47 Å². The summed E-state index contributed by atoms with van der Waals surface area (Å²) >= 11 is 0. The first-order valence-corrected chi connectivity index (χ1v) is 7.73. The normalized spacial score (nSPS) is 26.5. The second-order valence-electron chi connectivity index (χ2n) is 6.19. The lowest BCUT2D eigenvalue weighted by Crippen LogP contribution is -2.53. The Kier molecular flexibility index (Phi) is 3.11. The van der Waals surface area contributed by atoms with Crippen molar-refractivity contribution in [2.45, 2.75) is 25.0 Å². The van der Waals surface area contributed by atoms with Gasteiger partial charge in [0.15, 0.2) is 0 Å². The number of fused-ring (bicyclic) bond motifs is 2. The number of hydrogen-bond acceptors (Lipinski definition) is 3. The lowest BCUT2D eigenvalue weighted by molar-refractivity contribution is 0.00799. The molecular formula is C17H20N2O3. The van der Waals surface area contributed by atoms with Crippen molar-refractivity contribution in [2.24, 2.45) is 13.0 Å². The van der Waals surface area contributed by atoms with Crippen molar-refractivity contribution in [3.63, 3.8) is 0 Å². The molecule has 0 radical (unpaired) electrons. The number of rotatable bonds is 3. The van der Waals surface area contributed by atoms with E-state index in [1.54, 1.807) is 7.11 Å². The smallest absolute Gasteiger partial charge is 0.268 e. The molecule has 0 spiro atoms. The van der Waals surface area contributed by atoms with Crippen molar-refractivity contribution < 1.29 is 14.3 Å². The summed E-state index contributed by atoms with van der Waals surface area (Å²) in [5.74, 6) is 1.29. The van der Waals surface area contributed by atoms with Crippen LogP contribution in [0.4, 0.5) is 0 Å². The predicted octanol–water partition coefficient (Wildman–Crippen LogP) is 2.09. The number of carbonyl (C=O) groups is 1. The summed E-state index contributed by atoms with van der Waals surface area (Å²) in [6, 6.07) is 8.04. The van der Waals surface area contributed by atoms with E-state index in [0.717, 1.165) is 36.1 Å². The fraction of sp³-hybridized carbons (Fsp3) is 0.471. The van der Waals surface area contributed by atoms with E-state index in [1.165, 1.54) is 0 Å². The maximum atomic E-state index is 12.6. The number of amides is 1. The third-order valence-electron chi connectivity index (χ3n) is 5.07. The van der Waals surface area contributed by atoms with E-state index >= 15 is 0 Å². The van der Waals surface area contributed by atoms with Gasteiger partial charge >= 0.3 is 0 Å². The van der Waals surface area contributed by atoms with Gasteiger partial charge in [0.2, 0.25) is 0 Å². The molecule has 1 aliphatic heterocycles. The van der Waals surface area contributed by atoms with Gasteiger partial charge in [0.05, 0.1) is 18.7 Å². The van der Waals surface area contributed by atoms with Crippen molar-refractivity contribution in [1.29, 1.82) is 0 Å². The number of methoxy groups -OCH3 is 1. The summed E-state index contributed by atoms with van der Waals surface area (Å²) in [6.07, 6.45) is 2.36. The van der Waals surface area contributed by atoms with Crippen molar-refractivity contribution in [3.05, 3.63) is 30.0 Å². The van der Waals surface area contributed by atoms with Crippen LogP contribution in [0.1, 0.15) is 23.3 Å². The van der Waals surface area contributed by atoms with E-state index < -0.39 is 0 Å². The maximum absolute atomic E-state index is 12.6. The van der Waals surface area contributed by atoms with Crippen LogP contribution in [0.5, 0.6) is 5.75 Å². The summed E-state index contributed by atoms with van der Waals surface area (Å²) in [5, 5.41) is 4.21. The van der Waals surface area contributed by atoms with Gasteiger partial charge in [-0.15, -0.1) is 0 Å². The molecule has 116 valence electrons. The zero-order chi connectivity index (χ0) is 15.3. The van der Waals surface area contributed by atoms with Crippen molar-refractivity contribution in [2.75, 3.05) is 13.7 Å². The topological polar surface area (TPSA) is 52.5 Å². The first-order chi connectivity index (χ1) is 10.7. The van der Waals surface area contributed by atoms with Gasteiger partial charge in [-0.05, 0) is 31.0 Å². The molecule has 0 unspecified atom stereocenters. The average molecular weight is 300 g/mol. The highest BCUT2D eigenvalue weighted by Crippen LogP contribution is 2.38. The van der Waals surface area contributed by atoms with E-state index in [-0.39, 0.29) is 11.9 Å². The van der Waals surface area contributed by atoms with Gasteiger partial charge in [-0.1, -0.05) is 0 Å².